The normalized spacial score (nSPS) is 28.6. The number of aromatic nitrogens is 2. The first-order chi connectivity index (χ1) is 9.73. The van der Waals surface area contributed by atoms with Gasteiger partial charge in [-0.15, -0.1) is 0 Å². The van der Waals surface area contributed by atoms with Crippen molar-refractivity contribution in [2.45, 2.75) is 38.4 Å². The van der Waals surface area contributed by atoms with Gasteiger partial charge >= 0.3 is 5.69 Å². The molecule has 1 fully saturated rings. The standard InChI is InChI=1S/C12H15FN2O6/c1-4(2)6(16)9-7(17)8(18)11(21-9)15-3-5(13)10(19)14-12(15)20/h3,7-9,11,16-18H,1-2H3,(H,14,19,20)/t7-,8+,9+,11+/m0/s1. The van der Waals surface area contributed by atoms with Crippen LogP contribution >= 0.6 is 0 Å². The number of rotatable bonds is 2. The zero-order valence-electron chi connectivity index (χ0n) is 11.3. The predicted molar refractivity (Wildman–Crippen MR) is 68.2 cm³/mol. The van der Waals surface area contributed by atoms with Gasteiger partial charge in [0, 0.05) is 0 Å². The van der Waals surface area contributed by atoms with E-state index in [1.165, 1.54) is 0 Å². The molecule has 0 radical (unpaired) electrons. The first-order valence-corrected chi connectivity index (χ1v) is 6.13. The number of ether oxygens (including phenoxy) is 1. The van der Waals surface area contributed by atoms with Crippen molar-refractivity contribution in [1.29, 1.82) is 0 Å². The highest BCUT2D eigenvalue weighted by Gasteiger charge is 2.46. The highest BCUT2D eigenvalue weighted by molar-refractivity contribution is 5.12. The van der Waals surface area contributed by atoms with Gasteiger partial charge in [-0.25, -0.2) is 4.79 Å². The molecule has 0 unspecified atom stereocenters. The first-order valence-electron chi connectivity index (χ1n) is 6.13. The number of hydrogen-bond acceptors (Lipinski definition) is 6. The van der Waals surface area contributed by atoms with Gasteiger partial charge in [-0.1, -0.05) is 0 Å². The third-order valence-corrected chi connectivity index (χ3v) is 3.22. The van der Waals surface area contributed by atoms with Gasteiger partial charge in [-0.2, -0.15) is 4.39 Å². The Morgan fingerprint density at radius 3 is 2.52 bits per heavy atom. The van der Waals surface area contributed by atoms with E-state index in [1.807, 2.05) is 0 Å². The van der Waals surface area contributed by atoms with Crippen LogP contribution in [0, 0.1) is 5.82 Å². The molecular formula is C12H15FN2O6. The highest BCUT2D eigenvalue weighted by atomic mass is 19.1. The summed E-state index contributed by atoms with van der Waals surface area (Å²) < 4.78 is 19.1. The Bertz CT molecular complexity index is 690. The van der Waals surface area contributed by atoms with Crippen molar-refractivity contribution in [2.75, 3.05) is 0 Å². The number of aromatic amines is 1. The van der Waals surface area contributed by atoms with Gasteiger partial charge in [-0.05, 0) is 19.4 Å². The largest absolute Gasteiger partial charge is 0.510 e. The number of allylic oxidation sites excluding steroid dienone is 1. The lowest BCUT2D eigenvalue weighted by Crippen LogP contribution is -2.38. The van der Waals surface area contributed by atoms with Crippen LogP contribution in [0.3, 0.4) is 0 Å². The molecule has 8 nitrogen and oxygen atoms in total. The molecule has 1 aromatic rings. The van der Waals surface area contributed by atoms with Crippen LogP contribution in [0.5, 0.6) is 0 Å². The zero-order chi connectivity index (χ0) is 15.9. The van der Waals surface area contributed by atoms with Gasteiger partial charge in [0.05, 0.1) is 6.20 Å². The van der Waals surface area contributed by atoms with Gasteiger partial charge in [-0.3, -0.25) is 14.3 Å². The summed E-state index contributed by atoms with van der Waals surface area (Å²) in [7, 11) is 0. The lowest BCUT2D eigenvalue weighted by Gasteiger charge is -2.16. The number of halogens is 1. The summed E-state index contributed by atoms with van der Waals surface area (Å²) >= 11 is 0. The van der Waals surface area contributed by atoms with E-state index < -0.39 is 41.6 Å². The van der Waals surface area contributed by atoms with Crippen LogP contribution in [0.2, 0.25) is 0 Å². The third-order valence-electron chi connectivity index (χ3n) is 3.22. The maximum Gasteiger partial charge on any atom is 0.330 e. The number of nitrogens with one attached hydrogen (secondary N) is 1. The molecule has 0 bridgehead atoms. The molecule has 4 N–H and O–H groups in total. The summed E-state index contributed by atoms with van der Waals surface area (Å²) in [5, 5.41) is 29.6. The molecule has 1 saturated heterocycles. The van der Waals surface area contributed by atoms with Crippen LogP contribution in [0.15, 0.2) is 27.1 Å². The molecule has 1 aromatic heterocycles. The minimum absolute atomic E-state index is 0.290. The number of H-pyrrole nitrogens is 1. The van der Waals surface area contributed by atoms with Gasteiger partial charge in [0.15, 0.2) is 6.23 Å². The minimum atomic E-state index is -1.58. The Labute approximate surface area is 117 Å². The topological polar surface area (TPSA) is 125 Å². The lowest BCUT2D eigenvalue weighted by molar-refractivity contribution is -0.0399. The van der Waals surface area contributed by atoms with Crippen molar-refractivity contribution < 1.29 is 24.4 Å². The fraction of sp³-hybridized carbons (Fsp3) is 0.500. The van der Waals surface area contributed by atoms with E-state index in [1.54, 1.807) is 18.8 Å². The summed E-state index contributed by atoms with van der Waals surface area (Å²) in [6, 6.07) is 0. The smallest absolute Gasteiger partial charge is 0.330 e. The van der Waals surface area contributed by atoms with Crippen molar-refractivity contribution >= 4 is 0 Å². The van der Waals surface area contributed by atoms with Gasteiger partial charge in [0.1, 0.15) is 24.1 Å². The van der Waals surface area contributed by atoms with Crippen LogP contribution in [0.4, 0.5) is 4.39 Å². The Balaban J connectivity index is 2.43. The van der Waals surface area contributed by atoms with Crippen molar-refractivity contribution in [2.24, 2.45) is 0 Å². The Morgan fingerprint density at radius 2 is 1.95 bits per heavy atom. The van der Waals surface area contributed by atoms with Crippen LogP contribution in [0.1, 0.15) is 20.1 Å². The zero-order valence-corrected chi connectivity index (χ0v) is 11.3. The second-order valence-electron chi connectivity index (χ2n) is 4.96. The third kappa shape index (κ3) is 2.62. The summed E-state index contributed by atoms with van der Waals surface area (Å²) in [5.74, 6) is -1.53. The molecular weight excluding hydrogens is 287 g/mol. The van der Waals surface area contributed by atoms with Gasteiger partial charge in [0.25, 0.3) is 5.56 Å². The average Bonchev–Trinajstić information content (AvgIpc) is 2.70. The summed E-state index contributed by atoms with van der Waals surface area (Å²) in [5.41, 5.74) is -1.75. The van der Waals surface area contributed by atoms with Gasteiger partial charge in [0.2, 0.25) is 5.82 Å². The summed E-state index contributed by atoms with van der Waals surface area (Å²) in [4.78, 5) is 24.3. The van der Waals surface area contributed by atoms with Crippen molar-refractivity contribution in [1.82, 2.24) is 9.55 Å². The van der Waals surface area contributed by atoms with Crippen molar-refractivity contribution in [3.8, 4) is 0 Å². The molecule has 0 spiro atoms. The molecule has 0 saturated carbocycles. The SMILES string of the molecule is CC(C)=C(O)[C@H]1O[C@@H](n2cc(F)c(=O)[nH]c2=O)[C@H](O)[C@@H]1O. The molecule has 0 aromatic carbocycles. The van der Waals surface area contributed by atoms with Crippen LogP contribution in [-0.2, 0) is 4.74 Å². The number of hydrogen-bond donors (Lipinski definition) is 4. The maximum atomic E-state index is 13.3. The Kier molecular flexibility index (Phi) is 3.99. The van der Waals surface area contributed by atoms with E-state index in [0.717, 1.165) is 0 Å². The molecule has 21 heavy (non-hydrogen) atoms. The Hall–Kier alpha value is -1.97. The van der Waals surface area contributed by atoms with Crippen LogP contribution < -0.4 is 11.2 Å². The quantitative estimate of drug-likeness (QED) is 0.527. The van der Waals surface area contributed by atoms with E-state index in [0.29, 0.717) is 16.3 Å². The van der Waals surface area contributed by atoms with Crippen LogP contribution in [-0.4, -0.2) is 43.2 Å². The fourth-order valence-corrected chi connectivity index (χ4v) is 2.05. The molecule has 116 valence electrons. The average molecular weight is 302 g/mol. The van der Waals surface area contributed by atoms with E-state index in [4.69, 9.17) is 4.74 Å². The molecule has 9 heteroatoms. The van der Waals surface area contributed by atoms with Crippen LogP contribution in [0.25, 0.3) is 0 Å². The minimum Gasteiger partial charge on any atom is -0.510 e. The second-order valence-corrected chi connectivity index (χ2v) is 4.96. The molecule has 1 aliphatic heterocycles. The summed E-state index contributed by atoms with van der Waals surface area (Å²) in [6.07, 6.45) is -5.21. The number of nitrogens with zero attached hydrogens (tertiary/aromatic N) is 1. The second kappa shape index (κ2) is 5.43. The van der Waals surface area contributed by atoms with Crippen molar-refractivity contribution in [3.05, 3.63) is 44.2 Å². The molecule has 4 atom stereocenters. The van der Waals surface area contributed by atoms with E-state index >= 15 is 0 Å². The molecule has 2 heterocycles. The maximum absolute atomic E-state index is 13.3. The van der Waals surface area contributed by atoms with Gasteiger partial charge < -0.3 is 20.1 Å². The molecule has 0 aliphatic carbocycles. The van der Waals surface area contributed by atoms with E-state index in [9.17, 15) is 29.3 Å². The molecule has 1 aliphatic rings. The monoisotopic (exact) mass is 302 g/mol. The highest BCUT2D eigenvalue weighted by Crippen LogP contribution is 2.32. The molecule has 2 rings (SSSR count). The fourth-order valence-electron chi connectivity index (χ4n) is 2.05. The first kappa shape index (κ1) is 15.4. The number of aliphatic hydroxyl groups is 3. The van der Waals surface area contributed by atoms with E-state index in [2.05, 4.69) is 0 Å². The predicted octanol–water partition coefficient (Wildman–Crippen LogP) is -0.853. The lowest BCUT2D eigenvalue weighted by atomic mass is 10.1. The summed E-state index contributed by atoms with van der Waals surface area (Å²) in [6.45, 7) is 3.13. The van der Waals surface area contributed by atoms with Crippen molar-refractivity contribution in [3.63, 3.8) is 0 Å². The Morgan fingerprint density at radius 1 is 1.33 bits per heavy atom. The van der Waals surface area contributed by atoms with E-state index in [-0.39, 0.29) is 5.76 Å². The molecule has 0 amide bonds. The number of aliphatic hydroxyl groups excluding tert-OH is 3.